The zero-order valence-corrected chi connectivity index (χ0v) is 8.12. The number of benzene rings is 1. The van der Waals surface area contributed by atoms with Gasteiger partial charge >= 0.3 is 0 Å². The number of aromatic nitrogens is 1. The molecule has 1 aromatic heterocycles. The van der Waals surface area contributed by atoms with E-state index in [0.717, 1.165) is 10.9 Å². The SMILES string of the molecule is CS(=O)[n+]1cccc2ccccc21. The zero-order chi connectivity index (χ0) is 9.26. The third-order valence-corrected chi connectivity index (χ3v) is 2.82. The van der Waals surface area contributed by atoms with Crippen LogP contribution in [0.2, 0.25) is 0 Å². The fourth-order valence-corrected chi connectivity index (χ4v) is 2.04. The van der Waals surface area contributed by atoms with Gasteiger partial charge < -0.3 is 0 Å². The number of fused-ring (bicyclic) bond motifs is 1. The molecule has 2 nitrogen and oxygen atoms in total. The molecular weight excluding hydrogens is 182 g/mol. The van der Waals surface area contributed by atoms with Crippen LogP contribution in [0.5, 0.6) is 0 Å². The Morgan fingerprint density at radius 1 is 1.15 bits per heavy atom. The van der Waals surface area contributed by atoms with Crippen LogP contribution in [0.3, 0.4) is 0 Å². The van der Waals surface area contributed by atoms with Gasteiger partial charge in [0.15, 0.2) is 6.20 Å². The molecule has 0 aliphatic carbocycles. The Bertz CT molecular complexity index is 462. The molecule has 66 valence electrons. The molecule has 0 N–H and O–H groups in total. The maximum atomic E-state index is 11.3. The van der Waals surface area contributed by atoms with Crippen LogP contribution in [0, 0.1) is 0 Å². The van der Waals surface area contributed by atoms with Crippen molar-refractivity contribution in [2.75, 3.05) is 6.26 Å². The molecule has 1 aromatic carbocycles. The summed E-state index contributed by atoms with van der Waals surface area (Å²) in [6, 6.07) is 11.8. The first-order chi connectivity index (χ1) is 6.29. The molecule has 1 unspecified atom stereocenters. The summed E-state index contributed by atoms with van der Waals surface area (Å²) < 4.78 is 13.1. The van der Waals surface area contributed by atoms with Gasteiger partial charge in [-0.25, -0.2) is 0 Å². The lowest BCUT2D eigenvalue weighted by Gasteiger charge is -1.95. The van der Waals surface area contributed by atoms with Crippen molar-refractivity contribution in [2.24, 2.45) is 0 Å². The highest BCUT2D eigenvalue weighted by Gasteiger charge is 2.09. The molecule has 2 aromatic rings. The first kappa shape index (κ1) is 8.38. The van der Waals surface area contributed by atoms with E-state index in [9.17, 15) is 4.21 Å². The number of hydrogen-bond acceptors (Lipinski definition) is 1. The van der Waals surface area contributed by atoms with Gasteiger partial charge in [0.25, 0.3) is 11.0 Å². The van der Waals surface area contributed by atoms with Crippen molar-refractivity contribution in [3.05, 3.63) is 42.6 Å². The van der Waals surface area contributed by atoms with E-state index in [-0.39, 0.29) is 0 Å². The summed E-state index contributed by atoms with van der Waals surface area (Å²) in [5, 5.41) is 1.11. The Kier molecular flexibility index (Phi) is 2.10. The van der Waals surface area contributed by atoms with E-state index < -0.39 is 11.0 Å². The number of pyridine rings is 1. The van der Waals surface area contributed by atoms with Crippen molar-refractivity contribution in [3.8, 4) is 0 Å². The standard InChI is InChI=1S/C10H10NOS/c1-13(12)11-8-4-6-9-5-2-3-7-10(9)11/h2-8H,1H3/q+1. The van der Waals surface area contributed by atoms with Crippen LogP contribution in [-0.2, 0) is 11.0 Å². The monoisotopic (exact) mass is 192 g/mol. The van der Waals surface area contributed by atoms with E-state index in [0.29, 0.717) is 0 Å². The molecule has 0 amide bonds. The van der Waals surface area contributed by atoms with Gasteiger partial charge in [0, 0.05) is 17.5 Å². The lowest BCUT2D eigenvalue weighted by atomic mass is 10.2. The van der Waals surface area contributed by atoms with E-state index in [2.05, 4.69) is 0 Å². The van der Waals surface area contributed by atoms with E-state index in [1.807, 2.05) is 42.6 Å². The summed E-state index contributed by atoms with van der Waals surface area (Å²) >= 11 is 0. The van der Waals surface area contributed by atoms with Crippen molar-refractivity contribution in [2.45, 2.75) is 0 Å². The second-order valence-electron chi connectivity index (χ2n) is 2.82. The van der Waals surface area contributed by atoms with Crippen LogP contribution >= 0.6 is 0 Å². The second kappa shape index (κ2) is 3.26. The number of hydrogen-bond donors (Lipinski definition) is 0. The van der Waals surface area contributed by atoms with Crippen molar-refractivity contribution < 1.29 is 8.18 Å². The first-order valence-electron chi connectivity index (χ1n) is 4.02. The molecule has 0 bridgehead atoms. The van der Waals surface area contributed by atoms with Gasteiger partial charge in [0.1, 0.15) is 0 Å². The quantitative estimate of drug-likeness (QED) is 0.623. The minimum absolute atomic E-state index is 0.987. The highest BCUT2D eigenvalue weighted by Crippen LogP contribution is 2.07. The Morgan fingerprint density at radius 2 is 1.85 bits per heavy atom. The highest BCUT2D eigenvalue weighted by atomic mass is 32.2. The highest BCUT2D eigenvalue weighted by molar-refractivity contribution is 7.77. The van der Waals surface area contributed by atoms with Gasteiger partial charge in [0.2, 0.25) is 5.52 Å². The molecule has 0 aliphatic heterocycles. The minimum atomic E-state index is -0.987. The number of nitrogens with zero attached hydrogens (tertiary/aromatic N) is 1. The smallest absolute Gasteiger partial charge is 0.186 e. The van der Waals surface area contributed by atoms with Crippen molar-refractivity contribution in [1.82, 2.24) is 0 Å². The van der Waals surface area contributed by atoms with Crippen LogP contribution in [0.15, 0.2) is 42.6 Å². The summed E-state index contributed by atoms with van der Waals surface area (Å²) in [6.45, 7) is 0. The lowest BCUT2D eigenvalue weighted by Crippen LogP contribution is -2.36. The van der Waals surface area contributed by atoms with Crippen LogP contribution in [0.1, 0.15) is 0 Å². The van der Waals surface area contributed by atoms with Gasteiger partial charge in [-0.1, -0.05) is 12.1 Å². The van der Waals surface area contributed by atoms with Gasteiger partial charge in [-0.15, -0.1) is 3.97 Å². The van der Waals surface area contributed by atoms with E-state index >= 15 is 0 Å². The molecule has 0 aliphatic rings. The predicted octanol–water partition coefficient (Wildman–Crippen LogP) is 1.27. The van der Waals surface area contributed by atoms with Crippen molar-refractivity contribution in [1.29, 1.82) is 0 Å². The van der Waals surface area contributed by atoms with E-state index in [1.54, 1.807) is 10.2 Å². The molecule has 0 radical (unpaired) electrons. The number of rotatable bonds is 1. The van der Waals surface area contributed by atoms with Gasteiger partial charge in [0.05, 0.1) is 6.26 Å². The molecule has 0 saturated heterocycles. The molecule has 3 heteroatoms. The molecule has 0 spiro atoms. The second-order valence-corrected chi connectivity index (χ2v) is 4.06. The van der Waals surface area contributed by atoms with Crippen LogP contribution < -0.4 is 3.97 Å². The van der Waals surface area contributed by atoms with Crippen LogP contribution in [-0.4, -0.2) is 10.5 Å². The average Bonchev–Trinajstić information content (AvgIpc) is 2.17. The molecule has 0 saturated carbocycles. The topological polar surface area (TPSA) is 20.9 Å². The number of para-hydroxylation sites is 1. The van der Waals surface area contributed by atoms with Gasteiger partial charge in [-0.2, -0.15) is 4.21 Å². The molecule has 1 atom stereocenters. The molecular formula is C10H10NOS+. The summed E-state index contributed by atoms with van der Waals surface area (Å²) in [5.41, 5.74) is 1.01. The Balaban J connectivity index is 2.83. The Hall–Kier alpha value is -1.22. The fourth-order valence-electron chi connectivity index (χ4n) is 1.36. The summed E-state index contributed by atoms with van der Waals surface area (Å²) in [6.07, 6.45) is 3.50. The van der Waals surface area contributed by atoms with E-state index in [4.69, 9.17) is 0 Å². The molecule has 13 heavy (non-hydrogen) atoms. The molecule has 2 rings (SSSR count). The normalized spacial score (nSPS) is 13.0. The minimum Gasteiger partial charge on any atom is -0.186 e. The van der Waals surface area contributed by atoms with Gasteiger partial charge in [-0.05, 0) is 12.1 Å². The Morgan fingerprint density at radius 3 is 2.62 bits per heavy atom. The first-order valence-corrected chi connectivity index (χ1v) is 5.54. The zero-order valence-electron chi connectivity index (χ0n) is 7.31. The summed E-state index contributed by atoms with van der Waals surface area (Å²) in [7, 11) is -0.987. The van der Waals surface area contributed by atoms with Crippen molar-refractivity contribution in [3.63, 3.8) is 0 Å². The average molecular weight is 192 g/mol. The third-order valence-electron chi connectivity index (χ3n) is 1.95. The maximum absolute atomic E-state index is 11.3. The maximum Gasteiger partial charge on any atom is 0.284 e. The van der Waals surface area contributed by atoms with Gasteiger partial charge in [-0.3, -0.25) is 0 Å². The lowest BCUT2D eigenvalue weighted by molar-refractivity contribution is -0.472. The van der Waals surface area contributed by atoms with E-state index in [1.165, 1.54) is 0 Å². The third kappa shape index (κ3) is 1.47. The Labute approximate surface area is 79.4 Å². The van der Waals surface area contributed by atoms with Crippen LogP contribution in [0.4, 0.5) is 0 Å². The van der Waals surface area contributed by atoms with Crippen LogP contribution in [0.25, 0.3) is 10.9 Å². The van der Waals surface area contributed by atoms with Crippen molar-refractivity contribution >= 4 is 21.9 Å². The largest absolute Gasteiger partial charge is 0.284 e. The molecule has 0 fully saturated rings. The summed E-state index contributed by atoms with van der Waals surface area (Å²) in [5.74, 6) is 0. The summed E-state index contributed by atoms with van der Waals surface area (Å²) in [4.78, 5) is 0. The molecule has 1 heterocycles. The predicted molar refractivity (Wildman–Crippen MR) is 53.6 cm³/mol. The fraction of sp³-hybridized carbons (Fsp3) is 0.100.